The van der Waals surface area contributed by atoms with E-state index < -0.39 is 0 Å². The smallest absolute Gasteiger partial charge is 0.275 e. The summed E-state index contributed by atoms with van der Waals surface area (Å²) in [6.07, 6.45) is 5.63. The Morgan fingerprint density at radius 2 is 2.10 bits per heavy atom. The predicted octanol–water partition coefficient (Wildman–Crippen LogP) is -0.195. The van der Waals surface area contributed by atoms with E-state index in [1.54, 1.807) is 6.20 Å². The summed E-state index contributed by atoms with van der Waals surface area (Å²) < 4.78 is 0. The number of aromatic nitrogens is 2. The molecule has 0 bridgehead atoms. The highest BCUT2D eigenvalue weighted by Gasteiger charge is 2.19. The van der Waals surface area contributed by atoms with Crippen LogP contribution in [0.15, 0.2) is 42.9 Å². The second-order valence-electron chi connectivity index (χ2n) is 4.97. The number of carbonyl (C=O) groups is 1. The van der Waals surface area contributed by atoms with Gasteiger partial charge in [0.15, 0.2) is 6.67 Å². The van der Waals surface area contributed by atoms with E-state index in [9.17, 15) is 4.79 Å². The standard InChI is InChI=1S/C15H16N4O/c20-15(14-9-16-6-7-17-14)18-11-19-8-5-12-3-1-2-4-13(12)10-19/h1-4,6-7,9H,5,8,10-11H2,(H,18,20)/p+1. The first-order valence-electron chi connectivity index (χ1n) is 6.77. The van der Waals surface area contributed by atoms with Gasteiger partial charge in [-0.2, -0.15) is 0 Å². The largest absolute Gasteiger partial charge is 0.314 e. The van der Waals surface area contributed by atoms with Crippen LogP contribution < -0.4 is 10.2 Å². The lowest BCUT2D eigenvalue weighted by atomic mass is 10.0. The number of amides is 1. The van der Waals surface area contributed by atoms with Gasteiger partial charge in [0.25, 0.3) is 5.91 Å². The molecule has 0 aliphatic carbocycles. The summed E-state index contributed by atoms with van der Waals surface area (Å²) in [5.41, 5.74) is 3.17. The second-order valence-corrected chi connectivity index (χ2v) is 4.97. The Labute approximate surface area is 117 Å². The van der Waals surface area contributed by atoms with Crippen LogP contribution in [-0.2, 0) is 13.0 Å². The van der Waals surface area contributed by atoms with E-state index in [1.807, 2.05) is 0 Å². The Balaban J connectivity index is 1.57. The molecule has 0 radical (unpaired) electrons. The van der Waals surface area contributed by atoms with Crippen molar-refractivity contribution in [2.75, 3.05) is 13.2 Å². The van der Waals surface area contributed by atoms with Crippen molar-refractivity contribution in [1.29, 1.82) is 0 Å². The minimum atomic E-state index is -0.163. The molecule has 0 saturated carbocycles. The SMILES string of the molecule is O=C(NC[NH+]1CCc2ccccc2C1)c1cnccn1. The number of carbonyl (C=O) groups excluding carboxylic acids is 1. The lowest BCUT2D eigenvalue weighted by Crippen LogP contribution is -3.13. The molecule has 1 atom stereocenters. The van der Waals surface area contributed by atoms with Crippen molar-refractivity contribution in [2.24, 2.45) is 0 Å². The molecule has 0 saturated heterocycles. The van der Waals surface area contributed by atoms with Crippen molar-refractivity contribution < 1.29 is 9.69 Å². The van der Waals surface area contributed by atoms with Crippen molar-refractivity contribution in [3.05, 3.63) is 59.7 Å². The van der Waals surface area contributed by atoms with Gasteiger partial charge in [0, 0.05) is 24.4 Å². The van der Waals surface area contributed by atoms with Gasteiger partial charge in [-0.25, -0.2) is 4.98 Å². The van der Waals surface area contributed by atoms with E-state index in [-0.39, 0.29) is 5.91 Å². The highest BCUT2D eigenvalue weighted by Crippen LogP contribution is 2.09. The highest BCUT2D eigenvalue weighted by molar-refractivity contribution is 5.91. The normalized spacial score (nSPS) is 17.3. The molecule has 5 nitrogen and oxygen atoms in total. The molecule has 1 aromatic heterocycles. The molecule has 1 aliphatic heterocycles. The second kappa shape index (κ2) is 5.79. The minimum absolute atomic E-state index is 0.163. The third-order valence-corrected chi connectivity index (χ3v) is 3.60. The Kier molecular flexibility index (Phi) is 3.69. The lowest BCUT2D eigenvalue weighted by molar-refractivity contribution is -0.917. The average molecular weight is 269 g/mol. The molecule has 2 N–H and O–H groups in total. The number of quaternary nitrogens is 1. The van der Waals surface area contributed by atoms with Crippen LogP contribution in [0.25, 0.3) is 0 Å². The summed E-state index contributed by atoms with van der Waals surface area (Å²) in [6, 6.07) is 8.50. The van der Waals surface area contributed by atoms with Crippen LogP contribution in [0.3, 0.4) is 0 Å². The monoisotopic (exact) mass is 269 g/mol. The van der Waals surface area contributed by atoms with Crippen LogP contribution in [0.4, 0.5) is 0 Å². The molecule has 1 aliphatic rings. The molecule has 1 aromatic carbocycles. The van der Waals surface area contributed by atoms with Gasteiger partial charge in [-0.3, -0.25) is 9.78 Å². The Morgan fingerprint density at radius 1 is 1.25 bits per heavy atom. The van der Waals surface area contributed by atoms with Crippen molar-refractivity contribution in [3.8, 4) is 0 Å². The minimum Gasteiger partial charge on any atom is -0.314 e. The number of hydrogen-bond donors (Lipinski definition) is 2. The third-order valence-electron chi connectivity index (χ3n) is 3.60. The van der Waals surface area contributed by atoms with Crippen LogP contribution in [0.1, 0.15) is 21.6 Å². The van der Waals surface area contributed by atoms with Gasteiger partial charge in [0.1, 0.15) is 12.2 Å². The molecular formula is C15H17N4O+. The fourth-order valence-corrected chi connectivity index (χ4v) is 2.51. The topological polar surface area (TPSA) is 59.3 Å². The summed E-state index contributed by atoms with van der Waals surface area (Å²) in [4.78, 5) is 21.2. The quantitative estimate of drug-likeness (QED) is 0.811. The maximum absolute atomic E-state index is 11.9. The van der Waals surface area contributed by atoms with Crippen LogP contribution in [0, 0.1) is 0 Å². The highest BCUT2D eigenvalue weighted by atomic mass is 16.2. The summed E-state index contributed by atoms with van der Waals surface area (Å²) in [7, 11) is 0. The molecule has 0 fully saturated rings. The van der Waals surface area contributed by atoms with Crippen molar-refractivity contribution in [3.63, 3.8) is 0 Å². The van der Waals surface area contributed by atoms with Crippen LogP contribution >= 0.6 is 0 Å². The van der Waals surface area contributed by atoms with Crippen molar-refractivity contribution in [2.45, 2.75) is 13.0 Å². The lowest BCUT2D eigenvalue weighted by Gasteiger charge is -2.25. The van der Waals surface area contributed by atoms with Gasteiger partial charge in [0.05, 0.1) is 12.7 Å². The first-order valence-corrected chi connectivity index (χ1v) is 6.77. The molecule has 20 heavy (non-hydrogen) atoms. The summed E-state index contributed by atoms with van der Waals surface area (Å²) in [6.45, 7) is 2.61. The molecule has 2 heterocycles. The van der Waals surface area contributed by atoms with Crippen LogP contribution in [-0.4, -0.2) is 29.1 Å². The van der Waals surface area contributed by atoms with E-state index in [1.165, 1.54) is 28.4 Å². The van der Waals surface area contributed by atoms with E-state index in [2.05, 4.69) is 39.6 Å². The Hall–Kier alpha value is -2.27. The van der Waals surface area contributed by atoms with E-state index >= 15 is 0 Å². The molecule has 1 unspecified atom stereocenters. The summed E-state index contributed by atoms with van der Waals surface area (Å²) in [5.74, 6) is -0.163. The number of nitrogens with zero attached hydrogens (tertiary/aromatic N) is 2. The zero-order valence-electron chi connectivity index (χ0n) is 11.2. The fraction of sp³-hybridized carbons (Fsp3) is 0.267. The third kappa shape index (κ3) is 2.83. The number of rotatable bonds is 3. The molecule has 2 aromatic rings. The molecule has 1 amide bonds. The van der Waals surface area contributed by atoms with Crippen molar-refractivity contribution >= 4 is 5.91 Å². The predicted molar refractivity (Wildman–Crippen MR) is 74.0 cm³/mol. The van der Waals surface area contributed by atoms with Gasteiger partial charge in [-0.05, 0) is 5.56 Å². The van der Waals surface area contributed by atoms with Gasteiger partial charge < -0.3 is 10.2 Å². The average Bonchev–Trinajstić information content (AvgIpc) is 2.53. The van der Waals surface area contributed by atoms with Crippen molar-refractivity contribution in [1.82, 2.24) is 15.3 Å². The van der Waals surface area contributed by atoms with Gasteiger partial charge in [-0.1, -0.05) is 24.3 Å². The molecule has 3 rings (SSSR count). The van der Waals surface area contributed by atoms with Gasteiger partial charge in [-0.15, -0.1) is 0 Å². The van der Waals surface area contributed by atoms with E-state index in [0.29, 0.717) is 12.4 Å². The zero-order chi connectivity index (χ0) is 13.8. The summed E-state index contributed by atoms with van der Waals surface area (Å²) in [5, 5.41) is 2.92. The molecular weight excluding hydrogens is 252 g/mol. The number of benzene rings is 1. The first kappa shape index (κ1) is 12.7. The molecule has 5 heteroatoms. The first-order chi connectivity index (χ1) is 9.83. The Morgan fingerprint density at radius 3 is 2.90 bits per heavy atom. The molecule has 102 valence electrons. The fourth-order valence-electron chi connectivity index (χ4n) is 2.51. The van der Waals surface area contributed by atoms with Gasteiger partial charge in [0.2, 0.25) is 0 Å². The zero-order valence-corrected chi connectivity index (χ0v) is 11.2. The number of hydrogen-bond acceptors (Lipinski definition) is 3. The van der Waals surface area contributed by atoms with Gasteiger partial charge >= 0.3 is 0 Å². The number of fused-ring (bicyclic) bond motifs is 1. The van der Waals surface area contributed by atoms with Crippen LogP contribution in [0.5, 0.6) is 0 Å². The summed E-state index contributed by atoms with van der Waals surface area (Å²) >= 11 is 0. The number of nitrogens with one attached hydrogen (secondary N) is 2. The molecule has 0 spiro atoms. The Bertz CT molecular complexity index is 600. The van der Waals surface area contributed by atoms with Crippen LogP contribution in [0.2, 0.25) is 0 Å². The maximum Gasteiger partial charge on any atom is 0.275 e. The van der Waals surface area contributed by atoms with E-state index in [4.69, 9.17) is 0 Å². The maximum atomic E-state index is 11.9. The van der Waals surface area contributed by atoms with E-state index in [0.717, 1.165) is 19.5 Å².